The van der Waals surface area contributed by atoms with Crippen LogP contribution in [0, 0.1) is 13.8 Å². The molecule has 6 heteroatoms. The number of amides is 1. The second-order valence-electron chi connectivity index (χ2n) is 4.84. The van der Waals surface area contributed by atoms with Gasteiger partial charge in [0.15, 0.2) is 0 Å². The largest absolute Gasteiger partial charge is 0.487 e. The molecular weight excluding hydrogens is 282 g/mol. The van der Waals surface area contributed by atoms with Crippen LogP contribution in [0.25, 0.3) is 0 Å². The molecule has 0 aliphatic rings. The van der Waals surface area contributed by atoms with Crippen molar-refractivity contribution >= 4 is 11.6 Å². The summed E-state index contributed by atoms with van der Waals surface area (Å²) in [5, 5.41) is 6.58. The molecule has 1 aromatic carbocycles. The van der Waals surface area contributed by atoms with Crippen LogP contribution in [0.15, 0.2) is 35.4 Å². The van der Waals surface area contributed by atoms with Crippen LogP contribution < -0.4 is 15.8 Å². The molecule has 0 saturated carbocycles. The standard InChI is InChI=1S/C16H19N3O3/c1-4-7-18-16(20)12-5-6-14(17)15(8-12)21-9-13-10(2)19-22-11(13)3/h4-6,8H,1,7,9,17H2,2-3H3,(H,18,20). The number of nitrogens with zero attached hydrogens (tertiary/aromatic N) is 1. The van der Waals surface area contributed by atoms with Crippen molar-refractivity contribution in [3.63, 3.8) is 0 Å². The predicted molar refractivity (Wildman–Crippen MR) is 83.7 cm³/mol. The molecule has 0 spiro atoms. The smallest absolute Gasteiger partial charge is 0.251 e. The number of nitrogens with one attached hydrogen (secondary N) is 1. The molecule has 1 amide bonds. The summed E-state index contributed by atoms with van der Waals surface area (Å²) in [6.45, 7) is 7.91. The lowest BCUT2D eigenvalue weighted by Gasteiger charge is -2.10. The van der Waals surface area contributed by atoms with E-state index < -0.39 is 0 Å². The highest BCUT2D eigenvalue weighted by Crippen LogP contribution is 2.25. The lowest BCUT2D eigenvalue weighted by molar-refractivity contribution is 0.0957. The van der Waals surface area contributed by atoms with E-state index in [1.54, 1.807) is 24.3 Å². The van der Waals surface area contributed by atoms with Gasteiger partial charge >= 0.3 is 0 Å². The zero-order valence-electron chi connectivity index (χ0n) is 12.7. The van der Waals surface area contributed by atoms with Crippen LogP contribution >= 0.6 is 0 Å². The van der Waals surface area contributed by atoms with E-state index in [2.05, 4.69) is 17.1 Å². The van der Waals surface area contributed by atoms with Crippen molar-refractivity contribution in [3.05, 3.63) is 53.4 Å². The molecule has 0 aliphatic carbocycles. The number of ether oxygens (including phenoxy) is 1. The molecule has 6 nitrogen and oxygen atoms in total. The number of nitrogen functional groups attached to an aromatic ring is 1. The van der Waals surface area contributed by atoms with Crippen LogP contribution in [0.5, 0.6) is 5.75 Å². The summed E-state index contributed by atoms with van der Waals surface area (Å²) in [7, 11) is 0. The summed E-state index contributed by atoms with van der Waals surface area (Å²) in [4.78, 5) is 11.9. The maximum atomic E-state index is 11.9. The van der Waals surface area contributed by atoms with E-state index >= 15 is 0 Å². The molecule has 0 saturated heterocycles. The van der Waals surface area contributed by atoms with Crippen molar-refractivity contribution in [2.45, 2.75) is 20.5 Å². The monoisotopic (exact) mass is 301 g/mol. The maximum Gasteiger partial charge on any atom is 0.251 e. The predicted octanol–water partition coefficient (Wildman–Crippen LogP) is 2.37. The molecule has 0 fully saturated rings. The second-order valence-corrected chi connectivity index (χ2v) is 4.84. The van der Waals surface area contributed by atoms with Crippen molar-refractivity contribution < 1.29 is 14.1 Å². The van der Waals surface area contributed by atoms with Gasteiger partial charge in [-0.05, 0) is 32.0 Å². The van der Waals surface area contributed by atoms with E-state index in [4.69, 9.17) is 15.0 Å². The van der Waals surface area contributed by atoms with E-state index in [0.717, 1.165) is 11.3 Å². The Bertz CT molecular complexity index is 672. The van der Waals surface area contributed by atoms with Crippen LogP contribution in [0.1, 0.15) is 27.4 Å². The van der Waals surface area contributed by atoms with Gasteiger partial charge in [0, 0.05) is 12.1 Å². The molecule has 2 rings (SSSR count). The Morgan fingerprint density at radius 1 is 1.50 bits per heavy atom. The first kappa shape index (κ1) is 15.6. The summed E-state index contributed by atoms with van der Waals surface area (Å²) in [6.07, 6.45) is 1.62. The summed E-state index contributed by atoms with van der Waals surface area (Å²) < 4.78 is 10.8. The average Bonchev–Trinajstić information content (AvgIpc) is 2.83. The topological polar surface area (TPSA) is 90.4 Å². The Balaban J connectivity index is 2.13. The third kappa shape index (κ3) is 3.46. The number of benzene rings is 1. The van der Waals surface area contributed by atoms with Gasteiger partial charge in [0.1, 0.15) is 18.1 Å². The van der Waals surface area contributed by atoms with E-state index in [0.29, 0.717) is 29.3 Å². The van der Waals surface area contributed by atoms with Gasteiger partial charge in [-0.25, -0.2) is 0 Å². The Morgan fingerprint density at radius 3 is 2.91 bits per heavy atom. The van der Waals surface area contributed by atoms with Crippen LogP contribution in [0.2, 0.25) is 0 Å². The normalized spacial score (nSPS) is 10.3. The number of anilines is 1. The SMILES string of the molecule is C=CCNC(=O)c1ccc(N)c(OCc2c(C)noc2C)c1. The third-order valence-electron chi connectivity index (χ3n) is 3.24. The van der Waals surface area contributed by atoms with Crippen LogP contribution in [-0.4, -0.2) is 17.6 Å². The molecule has 1 heterocycles. The highest BCUT2D eigenvalue weighted by atomic mass is 16.5. The fourth-order valence-corrected chi connectivity index (χ4v) is 1.93. The van der Waals surface area contributed by atoms with Gasteiger partial charge < -0.3 is 20.3 Å². The number of aryl methyl sites for hydroxylation is 2. The van der Waals surface area contributed by atoms with E-state index in [1.165, 1.54) is 0 Å². The van der Waals surface area contributed by atoms with Gasteiger partial charge in [0.2, 0.25) is 0 Å². The van der Waals surface area contributed by atoms with Gasteiger partial charge in [-0.3, -0.25) is 4.79 Å². The minimum Gasteiger partial charge on any atom is -0.487 e. The molecule has 1 aromatic heterocycles. The maximum absolute atomic E-state index is 11.9. The number of nitrogens with two attached hydrogens (primary N) is 1. The Kier molecular flexibility index (Phi) is 4.83. The minimum atomic E-state index is -0.206. The number of hydrogen-bond donors (Lipinski definition) is 2. The fraction of sp³-hybridized carbons (Fsp3) is 0.250. The summed E-state index contributed by atoms with van der Waals surface area (Å²) in [6, 6.07) is 4.91. The minimum absolute atomic E-state index is 0.206. The average molecular weight is 301 g/mol. The molecule has 0 aliphatic heterocycles. The fourth-order valence-electron chi connectivity index (χ4n) is 1.93. The number of carbonyl (C=O) groups is 1. The first-order valence-corrected chi connectivity index (χ1v) is 6.86. The molecule has 2 aromatic rings. The van der Waals surface area contributed by atoms with Crippen molar-refractivity contribution in [2.75, 3.05) is 12.3 Å². The van der Waals surface area contributed by atoms with Gasteiger partial charge in [0.25, 0.3) is 5.91 Å². The van der Waals surface area contributed by atoms with Crippen LogP contribution in [-0.2, 0) is 6.61 Å². The Morgan fingerprint density at radius 2 is 2.27 bits per heavy atom. The highest BCUT2D eigenvalue weighted by Gasteiger charge is 2.12. The van der Waals surface area contributed by atoms with Crippen molar-refractivity contribution in [2.24, 2.45) is 0 Å². The van der Waals surface area contributed by atoms with E-state index in [9.17, 15) is 4.79 Å². The van der Waals surface area contributed by atoms with Crippen molar-refractivity contribution in [1.82, 2.24) is 10.5 Å². The lowest BCUT2D eigenvalue weighted by Crippen LogP contribution is -2.23. The summed E-state index contributed by atoms with van der Waals surface area (Å²) in [5.74, 6) is 0.948. The molecule has 3 N–H and O–H groups in total. The zero-order valence-corrected chi connectivity index (χ0v) is 12.7. The van der Waals surface area contributed by atoms with Crippen molar-refractivity contribution in [1.29, 1.82) is 0 Å². The van der Waals surface area contributed by atoms with Gasteiger partial charge in [-0.15, -0.1) is 6.58 Å². The zero-order chi connectivity index (χ0) is 16.1. The first-order valence-electron chi connectivity index (χ1n) is 6.86. The molecule has 0 bridgehead atoms. The Labute approximate surface area is 128 Å². The molecular formula is C16H19N3O3. The number of rotatable bonds is 6. The molecule has 0 atom stereocenters. The molecule has 0 unspecified atom stereocenters. The highest BCUT2D eigenvalue weighted by molar-refractivity contribution is 5.95. The number of carbonyl (C=O) groups excluding carboxylic acids is 1. The molecule has 22 heavy (non-hydrogen) atoms. The molecule has 116 valence electrons. The molecule has 0 radical (unpaired) electrons. The third-order valence-corrected chi connectivity index (χ3v) is 3.24. The number of aromatic nitrogens is 1. The lowest BCUT2D eigenvalue weighted by atomic mass is 10.1. The summed E-state index contributed by atoms with van der Waals surface area (Å²) in [5.41, 5.74) is 8.48. The van der Waals surface area contributed by atoms with Gasteiger partial charge in [-0.2, -0.15) is 0 Å². The van der Waals surface area contributed by atoms with Crippen LogP contribution in [0.4, 0.5) is 5.69 Å². The Hall–Kier alpha value is -2.76. The quantitative estimate of drug-likeness (QED) is 0.631. The number of hydrogen-bond acceptors (Lipinski definition) is 5. The van der Waals surface area contributed by atoms with Gasteiger partial charge in [-0.1, -0.05) is 11.2 Å². The van der Waals surface area contributed by atoms with E-state index in [1.807, 2.05) is 13.8 Å². The van der Waals surface area contributed by atoms with Gasteiger partial charge in [0.05, 0.1) is 16.9 Å². The van der Waals surface area contributed by atoms with E-state index in [-0.39, 0.29) is 12.5 Å². The second kappa shape index (κ2) is 6.80. The first-order chi connectivity index (χ1) is 10.5. The summed E-state index contributed by atoms with van der Waals surface area (Å²) >= 11 is 0. The van der Waals surface area contributed by atoms with Crippen molar-refractivity contribution in [3.8, 4) is 5.75 Å². The van der Waals surface area contributed by atoms with Crippen LogP contribution in [0.3, 0.4) is 0 Å².